The van der Waals surface area contributed by atoms with Gasteiger partial charge < -0.3 is 9.15 Å². The van der Waals surface area contributed by atoms with E-state index < -0.39 is 0 Å². The Bertz CT molecular complexity index is 393. The van der Waals surface area contributed by atoms with Crippen LogP contribution in [0.1, 0.15) is 24.9 Å². The summed E-state index contributed by atoms with van der Waals surface area (Å²) >= 11 is 0. The molecule has 0 unspecified atom stereocenters. The second-order valence-corrected chi connectivity index (χ2v) is 3.32. The molecule has 0 spiro atoms. The van der Waals surface area contributed by atoms with Crippen molar-refractivity contribution in [1.82, 2.24) is 4.98 Å². The lowest BCUT2D eigenvalue weighted by Crippen LogP contribution is -2.10. The Morgan fingerprint density at radius 1 is 1.60 bits per heavy atom. The second kappa shape index (κ2) is 4.40. The Balaban J connectivity index is 2.24. The summed E-state index contributed by atoms with van der Waals surface area (Å²) in [5, 5.41) is 0. The van der Waals surface area contributed by atoms with Crippen molar-refractivity contribution in [3.05, 3.63) is 17.7 Å². The predicted octanol–water partition coefficient (Wildman–Crippen LogP) is 2.51. The molecule has 1 aliphatic heterocycles. The first-order valence-corrected chi connectivity index (χ1v) is 5.09. The van der Waals surface area contributed by atoms with Crippen LogP contribution < -0.4 is 0 Å². The van der Waals surface area contributed by atoms with Crippen LogP contribution in [0.15, 0.2) is 15.5 Å². The van der Waals surface area contributed by atoms with E-state index in [0.29, 0.717) is 18.4 Å². The average Bonchev–Trinajstić information content (AvgIpc) is 2.52. The molecule has 0 N–H and O–H groups in total. The van der Waals surface area contributed by atoms with Crippen LogP contribution in [0.3, 0.4) is 0 Å². The molecule has 1 aliphatic rings. The summed E-state index contributed by atoms with van der Waals surface area (Å²) < 4.78 is 10.8. The van der Waals surface area contributed by atoms with Gasteiger partial charge in [0.15, 0.2) is 5.89 Å². The van der Waals surface area contributed by atoms with Gasteiger partial charge in [0.2, 0.25) is 5.88 Å². The third kappa shape index (κ3) is 2.33. The van der Waals surface area contributed by atoms with E-state index in [-0.39, 0.29) is 6.10 Å². The molecule has 80 valence electrons. The van der Waals surface area contributed by atoms with Gasteiger partial charge in [0.05, 0.1) is 6.10 Å². The van der Waals surface area contributed by atoms with E-state index in [9.17, 15) is 0 Å². The third-order valence-corrected chi connectivity index (χ3v) is 2.14. The molecule has 4 heteroatoms. The summed E-state index contributed by atoms with van der Waals surface area (Å²) in [4.78, 5) is 8.44. The van der Waals surface area contributed by atoms with E-state index >= 15 is 0 Å². The zero-order chi connectivity index (χ0) is 10.7. The van der Waals surface area contributed by atoms with E-state index in [0.717, 1.165) is 12.1 Å². The maximum absolute atomic E-state index is 5.50. The van der Waals surface area contributed by atoms with Crippen LogP contribution >= 0.6 is 0 Å². The van der Waals surface area contributed by atoms with Gasteiger partial charge in [0.1, 0.15) is 5.69 Å². The van der Waals surface area contributed by atoms with E-state index in [4.69, 9.17) is 9.15 Å². The fraction of sp³-hybridized carbons (Fsp3) is 0.455. The summed E-state index contributed by atoms with van der Waals surface area (Å²) in [6.45, 7) is 4.50. The lowest BCUT2D eigenvalue weighted by molar-refractivity contribution is 0.103. The van der Waals surface area contributed by atoms with Crippen LogP contribution in [0.4, 0.5) is 5.88 Å². The SMILES string of the molecule is CCO[C@@H]1/C=C/c2nc(C)oc2N=CC1. The number of hydrogen-bond donors (Lipinski definition) is 0. The number of ether oxygens (including phenoxy) is 1. The van der Waals surface area contributed by atoms with E-state index in [1.165, 1.54) is 0 Å². The van der Waals surface area contributed by atoms with Crippen LogP contribution in [-0.2, 0) is 4.74 Å². The number of rotatable bonds is 2. The fourth-order valence-electron chi connectivity index (χ4n) is 1.49. The van der Waals surface area contributed by atoms with Crippen molar-refractivity contribution in [2.45, 2.75) is 26.4 Å². The molecule has 0 radical (unpaired) electrons. The van der Waals surface area contributed by atoms with Crippen LogP contribution in [0.5, 0.6) is 0 Å². The number of oxazole rings is 1. The average molecular weight is 206 g/mol. The monoisotopic (exact) mass is 206 g/mol. The number of nitrogens with zero attached hydrogens (tertiary/aromatic N) is 2. The molecule has 0 bridgehead atoms. The van der Waals surface area contributed by atoms with Crippen LogP contribution in [0.2, 0.25) is 0 Å². The van der Waals surface area contributed by atoms with Gasteiger partial charge in [-0.3, -0.25) is 0 Å². The highest BCUT2D eigenvalue weighted by molar-refractivity contribution is 5.68. The highest BCUT2D eigenvalue weighted by Gasteiger charge is 2.11. The molecule has 1 aromatic rings. The lowest BCUT2D eigenvalue weighted by Gasteiger charge is -2.10. The number of fused-ring (bicyclic) bond motifs is 1. The Kier molecular flexibility index (Phi) is 2.97. The van der Waals surface area contributed by atoms with Gasteiger partial charge in [-0.05, 0) is 13.0 Å². The summed E-state index contributed by atoms with van der Waals surface area (Å²) in [5.74, 6) is 1.22. The van der Waals surface area contributed by atoms with Gasteiger partial charge in [0, 0.05) is 26.2 Å². The number of aromatic nitrogens is 1. The minimum Gasteiger partial charge on any atom is -0.423 e. The van der Waals surface area contributed by atoms with Crippen molar-refractivity contribution in [2.24, 2.45) is 4.99 Å². The highest BCUT2D eigenvalue weighted by atomic mass is 16.5. The molecule has 0 saturated heterocycles. The normalized spacial score (nSPS) is 21.9. The smallest absolute Gasteiger partial charge is 0.246 e. The maximum Gasteiger partial charge on any atom is 0.246 e. The fourth-order valence-corrected chi connectivity index (χ4v) is 1.49. The van der Waals surface area contributed by atoms with Crippen molar-refractivity contribution in [3.8, 4) is 0 Å². The first kappa shape index (κ1) is 10.1. The maximum atomic E-state index is 5.50. The summed E-state index contributed by atoms with van der Waals surface area (Å²) in [7, 11) is 0. The first-order chi connectivity index (χ1) is 7.29. The molecule has 4 nitrogen and oxygen atoms in total. The van der Waals surface area contributed by atoms with Crippen molar-refractivity contribution in [1.29, 1.82) is 0 Å². The lowest BCUT2D eigenvalue weighted by atomic mass is 10.2. The molecule has 0 aliphatic carbocycles. The summed E-state index contributed by atoms with van der Waals surface area (Å²) in [6, 6.07) is 0. The summed E-state index contributed by atoms with van der Waals surface area (Å²) in [6.07, 6.45) is 6.57. The molecule has 0 saturated carbocycles. The molecule has 0 aromatic carbocycles. The van der Waals surface area contributed by atoms with E-state index in [1.54, 1.807) is 0 Å². The zero-order valence-corrected chi connectivity index (χ0v) is 8.93. The topological polar surface area (TPSA) is 47.6 Å². The molecular weight excluding hydrogens is 192 g/mol. The predicted molar refractivity (Wildman–Crippen MR) is 58.5 cm³/mol. The van der Waals surface area contributed by atoms with Gasteiger partial charge in [0.25, 0.3) is 0 Å². The standard InChI is InChI=1S/C11H14N2O2/c1-3-14-9-4-5-10-11(12-7-6-9)15-8(2)13-10/h4-5,7,9H,3,6H2,1-2H3/b5-4+,12-7?/t9-/m1/s1. The number of aliphatic imine (C=N–C) groups is 1. The van der Waals surface area contributed by atoms with Gasteiger partial charge >= 0.3 is 0 Å². The minimum atomic E-state index is 0.0870. The molecule has 2 heterocycles. The van der Waals surface area contributed by atoms with E-state index in [2.05, 4.69) is 9.98 Å². The van der Waals surface area contributed by atoms with Crippen molar-refractivity contribution in [2.75, 3.05) is 6.61 Å². The van der Waals surface area contributed by atoms with Crippen molar-refractivity contribution >= 4 is 18.2 Å². The van der Waals surface area contributed by atoms with Gasteiger partial charge in [-0.1, -0.05) is 6.08 Å². The van der Waals surface area contributed by atoms with Gasteiger partial charge in [-0.25, -0.2) is 9.98 Å². The molecule has 1 atom stereocenters. The Hall–Kier alpha value is -1.42. The van der Waals surface area contributed by atoms with Gasteiger partial charge in [-0.2, -0.15) is 0 Å². The quantitative estimate of drug-likeness (QED) is 0.747. The molecule has 0 fully saturated rings. The molecule has 1 aromatic heterocycles. The third-order valence-electron chi connectivity index (χ3n) is 2.14. The van der Waals surface area contributed by atoms with Crippen molar-refractivity contribution in [3.63, 3.8) is 0 Å². The zero-order valence-electron chi connectivity index (χ0n) is 8.93. The van der Waals surface area contributed by atoms with Crippen LogP contribution in [0.25, 0.3) is 6.08 Å². The Morgan fingerprint density at radius 3 is 3.27 bits per heavy atom. The number of aryl methyl sites for hydroxylation is 1. The first-order valence-electron chi connectivity index (χ1n) is 5.09. The van der Waals surface area contributed by atoms with Crippen LogP contribution in [-0.4, -0.2) is 23.9 Å². The summed E-state index contributed by atoms with van der Waals surface area (Å²) in [5.41, 5.74) is 0.771. The number of hydrogen-bond acceptors (Lipinski definition) is 4. The molecular formula is C11H14N2O2. The Morgan fingerprint density at radius 2 is 2.47 bits per heavy atom. The Labute approximate surface area is 88.7 Å². The molecule has 0 amide bonds. The van der Waals surface area contributed by atoms with Gasteiger partial charge in [-0.15, -0.1) is 0 Å². The van der Waals surface area contributed by atoms with E-state index in [1.807, 2.05) is 32.2 Å². The minimum absolute atomic E-state index is 0.0870. The van der Waals surface area contributed by atoms with Crippen molar-refractivity contribution < 1.29 is 9.15 Å². The second-order valence-electron chi connectivity index (χ2n) is 3.32. The molecule has 2 rings (SSSR count). The highest BCUT2D eigenvalue weighted by Crippen LogP contribution is 2.23. The molecule has 15 heavy (non-hydrogen) atoms. The van der Waals surface area contributed by atoms with Crippen LogP contribution in [0, 0.1) is 6.92 Å². The largest absolute Gasteiger partial charge is 0.423 e.